The lowest BCUT2D eigenvalue weighted by Gasteiger charge is -2.31. The largest absolute Gasteiger partial charge is 0.493 e. The van der Waals surface area contributed by atoms with E-state index in [1.807, 2.05) is 58.0 Å². The summed E-state index contributed by atoms with van der Waals surface area (Å²) in [6, 6.07) is 13.7. The van der Waals surface area contributed by atoms with Gasteiger partial charge in [0.2, 0.25) is 5.91 Å². The lowest BCUT2D eigenvalue weighted by Crippen LogP contribution is -2.37. The first kappa shape index (κ1) is 15.4. The summed E-state index contributed by atoms with van der Waals surface area (Å²) in [5.41, 5.74) is 1.82. The Kier molecular flexibility index (Phi) is 3.62. The second kappa shape index (κ2) is 6.12. The molecule has 0 saturated carbocycles. The molecule has 26 heavy (non-hydrogen) atoms. The Hall–Kier alpha value is -2.89. The number of hydrogen-bond donors (Lipinski definition) is 0. The summed E-state index contributed by atoms with van der Waals surface area (Å²) in [7, 11) is 0. The Bertz CT molecular complexity index is 967. The smallest absolute Gasteiger partial charge is 0.231 e. The van der Waals surface area contributed by atoms with Crippen LogP contribution >= 0.6 is 0 Å². The van der Waals surface area contributed by atoms with Crippen molar-refractivity contribution in [1.29, 1.82) is 0 Å². The van der Waals surface area contributed by atoms with Gasteiger partial charge in [-0.15, -0.1) is 10.2 Å². The Morgan fingerprint density at radius 3 is 2.92 bits per heavy atom. The third-order valence-electron chi connectivity index (χ3n) is 5.43. The minimum Gasteiger partial charge on any atom is -0.493 e. The van der Waals surface area contributed by atoms with Crippen molar-refractivity contribution in [2.45, 2.75) is 31.2 Å². The molecule has 2 aliphatic heterocycles. The maximum atomic E-state index is 13.4. The SMILES string of the molecule is O=C(C1CCOc2ccccc21)N1CCCC1c1nnc2ccccn12. The standard InChI is InChI=1S/C20H20N4O2/c25-20(15-10-13-26-17-8-2-1-6-14(15)17)23-12-5-7-16(23)19-22-21-18-9-3-4-11-24(18)19/h1-4,6,8-9,11,15-16H,5,7,10,12-13H2. The highest BCUT2D eigenvalue weighted by molar-refractivity contribution is 5.85. The number of fused-ring (bicyclic) bond motifs is 2. The van der Waals surface area contributed by atoms with Crippen molar-refractivity contribution in [3.63, 3.8) is 0 Å². The molecule has 0 spiro atoms. The van der Waals surface area contributed by atoms with E-state index in [0.717, 1.165) is 48.6 Å². The lowest BCUT2D eigenvalue weighted by molar-refractivity contribution is -0.134. The van der Waals surface area contributed by atoms with Crippen molar-refractivity contribution >= 4 is 11.6 Å². The van der Waals surface area contributed by atoms with E-state index < -0.39 is 0 Å². The fraction of sp³-hybridized carbons (Fsp3) is 0.350. The zero-order valence-corrected chi connectivity index (χ0v) is 14.4. The maximum absolute atomic E-state index is 13.4. The molecule has 2 atom stereocenters. The summed E-state index contributed by atoms with van der Waals surface area (Å²) < 4.78 is 7.72. The predicted octanol–water partition coefficient (Wildman–Crippen LogP) is 2.96. The van der Waals surface area contributed by atoms with Gasteiger partial charge in [0, 0.05) is 18.3 Å². The summed E-state index contributed by atoms with van der Waals surface area (Å²) in [5, 5.41) is 8.65. The molecule has 2 aliphatic rings. The van der Waals surface area contributed by atoms with Crippen LogP contribution in [0.1, 0.15) is 42.6 Å². The van der Waals surface area contributed by atoms with E-state index in [1.54, 1.807) is 0 Å². The van der Waals surface area contributed by atoms with Crippen LogP contribution in [0.5, 0.6) is 5.75 Å². The molecule has 1 saturated heterocycles. The minimum absolute atomic E-state index is 0.0186. The first-order chi connectivity index (χ1) is 12.8. The first-order valence-corrected chi connectivity index (χ1v) is 9.15. The Morgan fingerprint density at radius 1 is 1.08 bits per heavy atom. The summed E-state index contributed by atoms with van der Waals surface area (Å²) in [5.74, 6) is 1.73. The second-order valence-corrected chi connectivity index (χ2v) is 6.90. The van der Waals surface area contributed by atoms with Crippen molar-refractivity contribution in [3.8, 4) is 5.75 Å². The lowest BCUT2D eigenvalue weighted by atomic mass is 9.91. The topological polar surface area (TPSA) is 59.7 Å². The van der Waals surface area contributed by atoms with E-state index >= 15 is 0 Å². The molecule has 0 bridgehead atoms. The molecule has 2 aromatic heterocycles. The van der Waals surface area contributed by atoms with Gasteiger partial charge in [-0.25, -0.2) is 0 Å². The number of carbonyl (C=O) groups is 1. The van der Waals surface area contributed by atoms with Crippen LogP contribution in [0.15, 0.2) is 48.7 Å². The number of nitrogens with zero attached hydrogens (tertiary/aromatic N) is 4. The summed E-state index contributed by atoms with van der Waals surface area (Å²) in [4.78, 5) is 15.4. The molecule has 6 heteroatoms. The predicted molar refractivity (Wildman–Crippen MR) is 96.0 cm³/mol. The number of benzene rings is 1. The average Bonchev–Trinajstić information content (AvgIpc) is 3.33. The van der Waals surface area contributed by atoms with Gasteiger partial charge in [-0.2, -0.15) is 0 Å². The van der Waals surface area contributed by atoms with Gasteiger partial charge in [-0.05, 0) is 37.5 Å². The minimum atomic E-state index is -0.139. The number of aromatic nitrogens is 3. The molecular weight excluding hydrogens is 328 g/mol. The molecule has 2 unspecified atom stereocenters. The van der Waals surface area contributed by atoms with E-state index in [-0.39, 0.29) is 17.9 Å². The van der Waals surface area contributed by atoms with Crippen molar-refractivity contribution < 1.29 is 9.53 Å². The van der Waals surface area contributed by atoms with Crippen LogP contribution in [0, 0.1) is 0 Å². The van der Waals surface area contributed by atoms with Crippen molar-refractivity contribution in [3.05, 3.63) is 60.0 Å². The van der Waals surface area contributed by atoms with Gasteiger partial charge in [0.25, 0.3) is 0 Å². The monoisotopic (exact) mass is 348 g/mol. The highest BCUT2D eigenvalue weighted by Gasteiger charge is 2.38. The van der Waals surface area contributed by atoms with Gasteiger partial charge in [-0.1, -0.05) is 24.3 Å². The average molecular weight is 348 g/mol. The molecule has 0 radical (unpaired) electrons. The molecule has 0 aliphatic carbocycles. The Labute approximate surface area is 151 Å². The molecule has 0 N–H and O–H groups in total. The normalized spacial score (nSPS) is 22.2. The maximum Gasteiger partial charge on any atom is 0.231 e. The first-order valence-electron chi connectivity index (χ1n) is 9.15. The summed E-state index contributed by atoms with van der Waals surface area (Å²) in [6.07, 6.45) is 4.60. The van der Waals surface area contributed by atoms with Crippen LogP contribution in [0.25, 0.3) is 5.65 Å². The number of ether oxygens (including phenoxy) is 1. The fourth-order valence-corrected chi connectivity index (χ4v) is 4.18. The molecular formula is C20H20N4O2. The molecule has 5 rings (SSSR count). The van der Waals surface area contributed by atoms with E-state index in [1.165, 1.54) is 0 Å². The van der Waals surface area contributed by atoms with Gasteiger partial charge in [-0.3, -0.25) is 9.20 Å². The van der Waals surface area contributed by atoms with Crippen molar-refractivity contribution in [1.82, 2.24) is 19.5 Å². The van der Waals surface area contributed by atoms with E-state index in [4.69, 9.17) is 4.74 Å². The molecule has 1 fully saturated rings. The van der Waals surface area contributed by atoms with Gasteiger partial charge in [0.05, 0.1) is 18.6 Å². The van der Waals surface area contributed by atoms with E-state index in [2.05, 4.69) is 10.2 Å². The van der Waals surface area contributed by atoms with E-state index in [9.17, 15) is 4.79 Å². The number of carbonyl (C=O) groups excluding carboxylic acids is 1. The molecule has 4 heterocycles. The van der Waals surface area contributed by atoms with Crippen molar-refractivity contribution in [2.24, 2.45) is 0 Å². The third-order valence-corrected chi connectivity index (χ3v) is 5.43. The molecule has 3 aromatic rings. The fourth-order valence-electron chi connectivity index (χ4n) is 4.18. The molecule has 1 amide bonds. The number of hydrogen-bond acceptors (Lipinski definition) is 4. The Balaban J connectivity index is 1.49. The molecule has 132 valence electrons. The number of likely N-dealkylation sites (tertiary alicyclic amines) is 1. The van der Waals surface area contributed by atoms with Gasteiger partial charge in [0.1, 0.15) is 5.75 Å². The highest BCUT2D eigenvalue weighted by Crippen LogP contribution is 2.39. The van der Waals surface area contributed by atoms with Crippen LogP contribution in [0.2, 0.25) is 0 Å². The molecule has 1 aromatic carbocycles. The number of amides is 1. The summed E-state index contributed by atoms with van der Waals surface area (Å²) >= 11 is 0. The van der Waals surface area contributed by atoms with Crippen LogP contribution < -0.4 is 4.74 Å². The number of pyridine rings is 1. The summed E-state index contributed by atoms with van der Waals surface area (Å²) in [6.45, 7) is 1.35. The van der Waals surface area contributed by atoms with Crippen LogP contribution in [0.3, 0.4) is 0 Å². The van der Waals surface area contributed by atoms with Gasteiger partial charge < -0.3 is 9.64 Å². The van der Waals surface area contributed by atoms with E-state index in [0.29, 0.717) is 6.61 Å². The highest BCUT2D eigenvalue weighted by atomic mass is 16.5. The number of para-hydroxylation sites is 1. The number of rotatable bonds is 2. The zero-order chi connectivity index (χ0) is 17.5. The van der Waals surface area contributed by atoms with Crippen LogP contribution in [-0.4, -0.2) is 38.6 Å². The Morgan fingerprint density at radius 2 is 1.96 bits per heavy atom. The van der Waals surface area contributed by atoms with Crippen LogP contribution in [0.4, 0.5) is 0 Å². The zero-order valence-electron chi connectivity index (χ0n) is 14.4. The quantitative estimate of drug-likeness (QED) is 0.714. The third kappa shape index (κ3) is 2.36. The van der Waals surface area contributed by atoms with Gasteiger partial charge in [0.15, 0.2) is 11.5 Å². The van der Waals surface area contributed by atoms with Crippen LogP contribution in [-0.2, 0) is 4.79 Å². The second-order valence-electron chi connectivity index (χ2n) is 6.90. The van der Waals surface area contributed by atoms with Gasteiger partial charge >= 0.3 is 0 Å². The molecule has 6 nitrogen and oxygen atoms in total. The van der Waals surface area contributed by atoms with Crippen molar-refractivity contribution in [2.75, 3.05) is 13.2 Å².